The lowest BCUT2D eigenvalue weighted by Crippen LogP contribution is -1.93. The first-order valence-corrected chi connectivity index (χ1v) is 17.2. The van der Waals surface area contributed by atoms with Gasteiger partial charge in [0.05, 0.1) is 0 Å². The number of hydrogen-bond donors (Lipinski definition) is 0. The molecule has 0 radical (unpaired) electrons. The van der Waals surface area contributed by atoms with Crippen molar-refractivity contribution in [1.82, 2.24) is 0 Å². The second-order valence-electron chi connectivity index (χ2n) is 13.6. The zero-order chi connectivity index (χ0) is 32.2. The summed E-state index contributed by atoms with van der Waals surface area (Å²) in [4.78, 5) is 0. The van der Waals surface area contributed by atoms with Crippen LogP contribution in [-0.4, -0.2) is 0 Å². The Morgan fingerprint density at radius 2 is 0.857 bits per heavy atom. The lowest BCUT2D eigenvalue weighted by Gasteiger charge is -2.20. The molecule has 0 N–H and O–H groups in total. The number of aryl methyl sites for hydroxylation is 1. The van der Waals surface area contributed by atoms with Crippen LogP contribution in [0.25, 0.3) is 110 Å². The Kier molecular flexibility index (Phi) is 5.41. The van der Waals surface area contributed by atoms with Crippen molar-refractivity contribution in [3.8, 4) is 77.9 Å². The van der Waals surface area contributed by atoms with Crippen LogP contribution in [0, 0.1) is 6.92 Å². The molecule has 0 spiro atoms. The van der Waals surface area contributed by atoms with Crippen LogP contribution in [0.4, 0.5) is 0 Å². The van der Waals surface area contributed by atoms with E-state index in [0.717, 1.165) is 0 Å². The monoisotopic (exact) mass is 618 g/mol. The average molecular weight is 619 g/mol. The van der Waals surface area contributed by atoms with Crippen LogP contribution in [0.2, 0.25) is 0 Å². The molecule has 2 aliphatic carbocycles. The first kappa shape index (κ1) is 26.8. The molecular weight excluding hydrogens is 589 g/mol. The van der Waals surface area contributed by atoms with Crippen molar-refractivity contribution in [3.63, 3.8) is 0 Å². The molecule has 0 aliphatic heterocycles. The van der Waals surface area contributed by atoms with E-state index in [4.69, 9.17) is 0 Å². The van der Waals surface area contributed by atoms with Crippen LogP contribution >= 0.6 is 0 Å². The molecule has 226 valence electrons. The quantitative estimate of drug-likeness (QED) is 0.185. The highest BCUT2D eigenvalue weighted by molar-refractivity contribution is 6.29. The summed E-state index contributed by atoms with van der Waals surface area (Å²) in [6, 6.07) is 61.1. The largest absolute Gasteiger partial charge is 0.0622 e. The maximum absolute atomic E-state index is 2.44. The third kappa shape index (κ3) is 3.58. The number of fused-ring (bicyclic) bond motifs is 7. The Labute approximate surface area is 285 Å². The normalized spacial score (nSPS) is 12.2. The fourth-order valence-corrected chi connectivity index (χ4v) is 9.07. The van der Waals surface area contributed by atoms with E-state index >= 15 is 0 Å². The molecule has 0 heteroatoms. The lowest BCUT2D eigenvalue weighted by atomic mass is 9.82. The maximum atomic E-state index is 2.44. The van der Waals surface area contributed by atoms with Gasteiger partial charge in [0.15, 0.2) is 0 Å². The predicted molar refractivity (Wildman–Crippen MR) is 209 cm³/mol. The summed E-state index contributed by atoms with van der Waals surface area (Å²) in [5.41, 5.74) is 19.8. The van der Waals surface area contributed by atoms with Crippen molar-refractivity contribution in [2.75, 3.05) is 0 Å². The van der Waals surface area contributed by atoms with Gasteiger partial charge in [-0.15, -0.1) is 0 Å². The minimum Gasteiger partial charge on any atom is -0.0622 e. The summed E-state index contributed by atoms with van der Waals surface area (Å²) >= 11 is 0. The molecule has 0 saturated carbocycles. The summed E-state index contributed by atoms with van der Waals surface area (Å²) in [7, 11) is 0. The van der Waals surface area contributed by atoms with E-state index in [1.165, 1.54) is 116 Å². The van der Waals surface area contributed by atoms with Crippen molar-refractivity contribution < 1.29 is 0 Å². The lowest BCUT2D eigenvalue weighted by molar-refractivity contribution is 1.51. The molecule has 0 fully saturated rings. The molecule has 9 aromatic carbocycles. The molecule has 0 heterocycles. The van der Waals surface area contributed by atoms with Gasteiger partial charge >= 0.3 is 0 Å². The van der Waals surface area contributed by atoms with E-state index in [1.54, 1.807) is 0 Å². The minimum atomic E-state index is 1.25. The van der Waals surface area contributed by atoms with E-state index in [-0.39, 0.29) is 0 Å². The Morgan fingerprint density at radius 1 is 0.286 bits per heavy atom. The van der Waals surface area contributed by atoms with E-state index in [2.05, 4.69) is 171 Å². The highest BCUT2D eigenvalue weighted by Crippen LogP contribution is 2.59. The minimum absolute atomic E-state index is 1.25. The number of rotatable bonds is 3. The van der Waals surface area contributed by atoms with Gasteiger partial charge in [-0.2, -0.15) is 0 Å². The smallest absolute Gasteiger partial charge is 0.000741 e. The molecule has 49 heavy (non-hydrogen) atoms. The SMILES string of the molecule is Cc1ccc2cccc3c2c1-c1ccc(-c2ccc4c5c(cccc25)-c2c-4c(-c4ccccc4)c4ccccc4c2-c2ccccc2)cc1-3. The molecule has 0 unspecified atom stereocenters. The number of benzene rings is 9. The van der Waals surface area contributed by atoms with Crippen molar-refractivity contribution in [2.24, 2.45) is 0 Å². The first-order chi connectivity index (χ1) is 24.3. The van der Waals surface area contributed by atoms with Crippen LogP contribution in [0.1, 0.15) is 5.56 Å². The first-order valence-electron chi connectivity index (χ1n) is 17.2. The van der Waals surface area contributed by atoms with Crippen LogP contribution in [0.3, 0.4) is 0 Å². The summed E-state index contributed by atoms with van der Waals surface area (Å²) in [6.07, 6.45) is 0. The van der Waals surface area contributed by atoms with Gasteiger partial charge in [0, 0.05) is 0 Å². The van der Waals surface area contributed by atoms with E-state index in [1.807, 2.05) is 0 Å². The Hall–Kier alpha value is -6.24. The Bertz CT molecular complexity index is 2760. The van der Waals surface area contributed by atoms with Crippen LogP contribution < -0.4 is 0 Å². The summed E-state index contributed by atoms with van der Waals surface area (Å²) in [6.45, 7) is 2.24. The summed E-state index contributed by atoms with van der Waals surface area (Å²) in [5.74, 6) is 0. The zero-order valence-corrected chi connectivity index (χ0v) is 27.1. The van der Waals surface area contributed by atoms with Gasteiger partial charge in [-0.3, -0.25) is 0 Å². The van der Waals surface area contributed by atoms with Gasteiger partial charge in [-0.1, -0.05) is 158 Å². The molecule has 0 amide bonds. The Balaban J connectivity index is 1.22. The van der Waals surface area contributed by atoms with Gasteiger partial charge in [0.2, 0.25) is 0 Å². The molecular formula is C49H30. The molecule has 0 aromatic heterocycles. The van der Waals surface area contributed by atoms with Gasteiger partial charge in [0.25, 0.3) is 0 Å². The Morgan fingerprint density at radius 3 is 1.57 bits per heavy atom. The molecule has 2 aliphatic rings. The molecule has 11 rings (SSSR count). The second-order valence-corrected chi connectivity index (χ2v) is 13.6. The fourth-order valence-electron chi connectivity index (χ4n) is 9.07. The van der Waals surface area contributed by atoms with E-state index in [9.17, 15) is 0 Å². The zero-order valence-electron chi connectivity index (χ0n) is 27.1. The molecule has 0 atom stereocenters. The predicted octanol–water partition coefficient (Wildman–Crippen LogP) is 13.8. The summed E-state index contributed by atoms with van der Waals surface area (Å²) < 4.78 is 0. The molecule has 0 nitrogen and oxygen atoms in total. The summed E-state index contributed by atoms with van der Waals surface area (Å²) in [5, 5.41) is 7.94. The third-order valence-electron chi connectivity index (χ3n) is 11.1. The highest BCUT2D eigenvalue weighted by Gasteiger charge is 2.31. The number of hydrogen-bond acceptors (Lipinski definition) is 0. The molecule has 0 saturated heterocycles. The van der Waals surface area contributed by atoms with Crippen molar-refractivity contribution in [2.45, 2.75) is 6.92 Å². The van der Waals surface area contributed by atoms with Gasteiger partial charge in [0.1, 0.15) is 0 Å². The van der Waals surface area contributed by atoms with Crippen LogP contribution in [-0.2, 0) is 0 Å². The van der Waals surface area contributed by atoms with Crippen LogP contribution in [0.15, 0.2) is 164 Å². The van der Waals surface area contributed by atoms with Gasteiger partial charge in [-0.25, -0.2) is 0 Å². The maximum Gasteiger partial charge on any atom is -0.000741 e. The van der Waals surface area contributed by atoms with E-state index in [0.29, 0.717) is 0 Å². The van der Waals surface area contributed by atoms with Crippen LogP contribution in [0.5, 0.6) is 0 Å². The fraction of sp³-hybridized carbons (Fsp3) is 0.0204. The second kappa shape index (κ2) is 9.89. The van der Waals surface area contributed by atoms with Crippen molar-refractivity contribution >= 4 is 32.3 Å². The molecule has 9 aromatic rings. The standard InChI is InChI=1S/C49H30/c1-29-22-23-32-16-10-19-38-42-28-33(24-25-39(42)43(29)44(32)38)34-26-27-41-47-35(34)20-11-21-40(47)48-45(30-12-4-2-5-13-30)36-17-8-9-18-37(36)46(49(41)48)31-14-6-3-7-15-31/h2-28H,1H3. The van der Waals surface area contributed by atoms with Crippen molar-refractivity contribution in [3.05, 3.63) is 169 Å². The van der Waals surface area contributed by atoms with Gasteiger partial charge < -0.3 is 0 Å². The average Bonchev–Trinajstić information content (AvgIpc) is 3.68. The third-order valence-corrected chi connectivity index (χ3v) is 11.1. The molecule has 0 bridgehead atoms. The van der Waals surface area contributed by atoms with Gasteiger partial charge in [-0.05, 0) is 129 Å². The van der Waals surface area contributed by atoms with Crippen molar-refractivity contribution in [1.29, 1.82) is 0 Å². The topological polar surface area (TPSA) is 0 Å². The van der Waals surface area contributed by atoms with E-state index < -0.39 is 0 Å². The highest BCUT2D eigenvalue weighted by atomic mass is 14.3.